The Bertz CT molecular complexity index is 735. The van der Waals surface area contributed by atoms with Gasteiger partial charge in [0.25, 0.3) is 0 Å². The van der Waals surface area contributed by atoms with Crippen molar-refractivity contribution in [2.45, 2.75) is 18.0 Å². The Morgan fingerprint density at radius 3 is 3.00 bits per heavy atom. The van der Waals surface area contributed by atoms with E-state index in [4.69, 9.17) is 10.3 Å². The number of aromatic nitrogens is 3. The van der Waals surface area contributed by atoms with E-state index in [2.05, 4.69) is 10.2 Å². The van der Waals surface area contributed by atoms with Gasteiger partial charge in [0.1, 0.15) is 0 Å². The van der Waals surface area contributed by atoms with Crippen LogP contribution in [0.25, 0.3) is 11.6 Å². The van der Waals surface area contributed by atoms with E-state index in [0.29, 0.717) is 23.2 Å². The van der Waals surface area contributed by atoms with E-state index in [1.807, 2.05) is 17.5 Å². The van der Waals surface area contributed by atoms with Gasteiger partial charge >= 0.3 is 0 Å². The standard InChI is InChI=1S/C14H14N4O2S2/c15-18-13(11-5-1-7-20-11)16-17-14(18)22-9-2-4-10(19)12-6-3-8-21-12/h1,3,5-8H,2,4,9,15H2. The number of thioether (sulfide) groups is 1. The minimum Gasteiger partial charge on any atom is -0.461 e. The Balaban J connectivity index is 1.51. The van der Waals surface area contributed by atoms with E-state index in [1.165, 1.54) is 27.8 Å². The molecule has 0 aliphatic carbocycles. The van der Waals surface area contributed by atoms with Crippen LogP contribution in [0.15, 0.2) is 45.5 Å². The van der Waals surface area contributed by atoms with E-state index in [9.17, 15) is 4.79 Å². The topological polar surface area (TPSA) is 86.9 Å². The predicted octanol–water partition coefficient (Wildman–Crippen LogP) is 3.07. The Morgan fingerprint density at radius 2 is 2.27 bits per heavy atom. The molecule has 0 saturated heterocycles. The Labute approximate surface area is 135 Å². The van der Waals surface area contributed by atoms with Crippen molar-refractivity contribution >= 4 is 28.9 Å². The van der Waals surface area contributed by atoms with Crippen molar-refractivity contribution in [2.24, 2.45) is 0 Å². The summed E-state index contributed by atoms with van der Waals surface area (Å²) in [5.74, 6) is 7.96. The molecule has 0 aliphatic heterocycles. The maximum Gasteiger partial charge on any atom is 0.218 e. The average molecular weight is 334 g/mol. The highest BCUT2D eigenvalue weighted by atomic mass is 32.2. The second kappa shape index (κ2) is 6.80. The lowest BCUT2D eigenvalue weighted by atomic mass is 10.2. The molecule has 6 nitrogen and oxygen atoms in total. The lowest BCUT2D eigenvalue weighted by Gasteiger charge is -2.02. The fourth-order valence-corrected chi connectivity index (χ4v) is 3.40. The van der Waals surface area contributed by atoms with Crippen molar-refractivity contribution in [1.82, 2.24) is 14.9 Å². The molecule has 0 bridgehead atoms. The average Bonchev–Trinajstić information content (AvgIpc) is 3.25. The van der Waals surface area contributed by atoms with Crippen LogP contribution in [0.3, 0.4) is 0 Å². The third kappa shape index (κ3) is 3.23. The molecule has 0 amide bonds. The fourth-order valence-electron chi connectivity index (χ4n) is 1.91. The van der Waals surface area contributed by atoms with Crippen LogP contribution in [0.5, 0.6) is 0 Å². The number of hydrogen-bond donors (Lipinski definition) is 1. The molecule has 0 aromatic carbocycles. The minimum absolute atomic E-state index is 0.182. The molecule has 3 aromatic rings. The highest BCUT2D eigenvalue weighted by Gasteiger charge is 2.14. The summed E-state index contributed by atoms with van der Waals surface area (Å²) < 4.78 is 6.66. The van der Waals surface area contributed by atoms with Gasteiger partial charge in [-0.2, -0.15) is 0 Å². The van der Waals surface area contributed by atoms with Crippen LogP contribution in [-0.4, -0.2) is 26.4 Å². The number of nitrogens with zero attached hydrogens (tertiary/aromatic N) is 3. The molecule has 0 radical (unpaired) electrons. The number of nitrogen functional groups attached to an aromatic ring is 1. The quantitative estimate of drug-likeness (QED) is 0.309. The van der Waals surface area contributed by atoms with Gasteiger partial charge in [-0.3, -0.25) is 4.79 Å². The third-order valence-electron chi connectivity index (χ3n) is 2.98. The maximum absolute atomic E-state index is 11.9. The first kappa shape index (κ1) is 14.9. The molecule has 0 atom stereocenters. The molecule has 114 valence electrons. The van der Waals surface area contributed by atoms with E-state index in [1.54, 1.807) is 18.4 Å². The Kier molecular flexibility index (Phi) is 4.59. The van der Waals surface area contributed by atoms with Crippen molar-refractivity contribution < 1.29 is 9.21 Å². The van der Waals surface area contributed by atoms with Crippen LogP contribution >= 0.6 is 23.1 Å². The second-order valence-electron chi connectivity index (χ2n) is 4.51. The zero-order valence-corrected chi connectivity index (χ0v) is 13.3. The summed E-state index contributed by atoms with van der Waals surface area (Å²) in [4.78, 5) is 12.7. The summed E-state index contributed by atoms with van der Waals surface area (Å²) in [7, 11) is 0. The number of carbonyl (C=O) groups is 1. The van der Waals surface area contributed by atoms with Crippen LogP contribution in [0.4, 0.5) is 0 Å². The largest absolute Gasteiger partial charge is 0.461 e. The lowest BCUT2D eigenvalue weighted by Crippen LogP contribution is -2.11. The fraction of sp³-hybridized carbons (Fsp3) is 0.214. The zero-order valence-electron chi connectivity index (χ0n) is 11.6. The summed E-state index contributed by atoms with van der Waals surface area (Å²) in [6, 6.07) is 7.29. The van der Waals surface area contributed by atoms with Crippen molar-refractivity contribution in [3.05, 3.63) is 40.8 Å². The van der Waals surface area contributed by atoms with Crippen LogP contribution in [0.1, 0.15) is 22.5 Å². The summed E-state index contributed by atoms with van der Waals surface area (Å²) in [6.45, 7) is 0. The van der Waals surface area contributed by atoms with Crippen LogP contribution in [-0.2, 0) is 0 Å². The number of thiophene rings is 1. The summed E-state index contributed by atoms with van der Waals surface area (Å²) in [6.07, 6.45) is 2.86. The van der Waals surface area contributed by atoms with Gasteiger partial charge in [-0.05, 0) is 30.0 Å². The molecular formula is C14H14N4O2S2. The molecule has 3 rings (SSSR count). The van der Waals surface area contributed by atoms with Crippen molar-refractivity contribution in [2.75, 3.05) is 11.6 Å². The van der Waals surface area contributed by atoms with E-state index >= 15 is 0 Å². The van der Waals surface area contributed by atoms with E-state index in [0.717, 1.165) is 17.1 Å². The molecule has 22 heavy (non-hydrogen) atoms. The molecule has 0 saturated carbocycles. The molecule has 3 aromatic heterocycles. The maximum atomic E-state index is 11.9. The monoisotopic (exact) mass is 334 g/mol. The Hall–Kier alpha value is -2.06. The normalized spacial score (nSPS) is 10.9. The number of carbonyl (C=O) groups excluding carboxylic acids is 1. The summed E-state index contributed by atoms with van der Waals surface area (Å²) in [5.41, 5.74) is 0. The van der Waals surface area contributed by atoms with Gasteiger partial charge in [0, 0.05) is 12.2 Å². The van der Waals surface area contributed by atoms with Gasteiger partial charge in [0.15, 0.2) is 11.5 Å². The summed E-state index contributed by atoms with van der Waals surface area (Å²) >= 11 is 2.95. The van der Waals surface area contributed by atoms with Gasteiger partial charge in [-0.15, -0.1) is 21.5 Å². The van der Waals surface area contributed by atoms with Gasteiger partial charge in [0.2, 0.25) is 11.0 Å². The van der Waals surface area contributed by atoms with Gasteiger partial charge in [-0.25, -0.2) is 4.68 Å². The number of nitrogens with two attached hydrogens (primary N) is 1. The van der Waals surface area contributed by atoms with E-state index in [-0.39, 0.29) is 5.78 Å². The Morgan fingerprint density at radius 1 is 1.36 bits per heavy atom. The summed E-state index contributed by atoms with van der Waals surface area (Å²) in [5, 5.41) is 10.6. The highest BCUT2D eigenvalue weighted by Crippen LogP contribution is 2.23. The number of ketones is 1. The molecule has 2 N–H and O–H groups in total. The number of hydrogen-bond acceptors (Lipinski definition) is 7. The zero-order chi connectivity index (χ0) is 15.4. The third-order valence-corrected chi connectivity index (χ3v) is 4.92. The van der Waals surface area contributed by atoms with Crippen molar-refractivity contribution in [1.29, 1.82) is 0 Å². The number of furan rings is 1. The predicted molar refractivity (Wildman–Crippen MR) is 86.5 cm³/mol. The van der Waals surface area contributed by atoms with Crippen LogP contribution in [0, 0.1) is 0 Å². The molecule has 0 aliphatic rings. The first-order valence-electron chi connectivity index (χ1n) is 6.69. The van der Waals surface area contributed by atoms with Crippen LogP contribution < -0.4 is 5.84 Å². The molecular weight excluding hydrogens is 320 g/mol. The lowest BCUT2D eigenvalue weighted by molar-refractivity contribution is 0.0986. The van der Waals surface area contributed by atoms with Gasteiger partial charge < -0.3 is 10.3 Å². The van der Waals surface area contributed by atoms with Gasteiger partial charge in [-0.1, -0.05) is 17.8 Å². The molecule has 0 spiro atoms. The van der Waals surface area contributed by atoms with E-state index < -0.39 is 0 Å². The molecule has 0 fully saturated rings. The minimum atomic E-state index is 0.182. The first-order valence-corrected chi connectivity index (χ1v) is 8.56. The smallest absolute Gasteiger partial charge is 0.218 e. The second-order valence-corrected chi connectivity index (χ2v) is 6.52. The molecule has 0 unspecified atom stereocenters. The SMILES string of the molecule is Nn1c(SCCCC(=O)c2cccs2)nnc1-c1ccco1. The van der Waals surface area contributed by atoms with Crippen LogP contribution in [0.2, 0.25) is 0 Å². The first-order chi connectivity index (χ1) is 10.8. The molecule has 3 heterocycles. The molecule has 8 heteroatoms. The number of Topliss-reactive ketones (excluding diaryl/α,β-unsaturated/α-hetero) is 1. The highest BCUT2D eigenvalue weighted by molar-refractivity contribution is 7.99. The van der Waals surface area contributed by atoms with Crippen molar-refractivity contribution in [3.8, 4) is 11.6 Å². The van der Waals surface area contributed by atoms with Gasteiger partial charge in [0.05, 0.1) is 11.1 Å². The van der Waals surface area contributed by atoms with Crippen molar-refractivity contribution in [3.63, 3.8) is 0 Å². The number of rotatable bonds is 7.